The van der Waals surface area contributed by atoms with Crippen LogP contribution in [0.4, 0.5) is 0 Å². The lowest BCUT2D eigenvalue weighted by Gasteiger charge is -2.27. The van der Waals surface area contributed by atoms with Gasteiger partial charge in [0.2, 0.25) is 0 Å². The summed E-state index contributed by atoms with van der Waals surface area (Å²) in [5.41, 5.74) is 0. The second-order valence-electron chi connectivity index (χ2n) is 6.20. The van der Waals surface area contributed by atoms with Crippen LogP contribution in [0, 0.1) is 10.8 Å². The van der Waals surface area contributed by atoms with Crippen LogP contribution in [0.25, 0.3) is 0 Å². The van der Waals surface area contributed by atoms with Crippen molar-refractivity contribution in [2.24, 2.45) is 0 Å². The molecule has 4 aromatic rings. The first-order valence-corrected chi connectivity index (χ1v) is 11.7. The van der Waals surface area contributed by atoms with Gasteiger partial charge in [0.1, 0.15) is 28.5 Å². The maximum absolute atomic E-state index is 8.41. The fourth-order valence-corrected chi connectivity index (χ4v) is 7.77. The smallest absolute Gasteiger partial charge is 0.144 e. The van der Waals surface area contributed by atoms with E-state index in [1.54, 1.807) is 0 Å². The minimum atomic E-state index is -2.85. The fourth-order valence-electron chi connectivity index (χ4n) is 3.50. The summed E-state index contributed by atoms with van der Waals surface area (Å²) in [6.45, 7) is 0. The zero-order chi connectivity index (χ0) is 20.5. The Labute approximate surface area is 174 Å². The molecule has 4 rings (SSSR count). The third-order valence-electron chi connectivity index (χ3n) is 4.57. The molecule has 146 valence electrons. The van der Waals surface area contributed by atoms with E-state index in [2.05, 4.69) is 121 Å². The fraction of sp³-hybridized carbons (Fsp3) is 0. The minimum absolute atomic E-state index is 1.39. The normalized spacial score (nSPS) is 10.9. The molecular formula is C24H20ClO3P. The van der Waals surface area contributed by atoms with Gasteiger partial charge in [-0.25, -0.2) is 0 Å². The molecule has 0 aliphatic rings. The molecule has 0 spiro atoms. The SMILES string of the molecule is [O-][Cl+2]([O-])[O-].c1ccc([P+](c2ccccc2)(c2ccccc2)c2ccccc2)cc1. The third kappa shape index (κ3) is 4.91. The zero-order valence-electron chi connectivity index (χ0n) is 15.6. The molecule has 0 aromatic heterocycles. The van der Waals surface area contributed by atoms with E-state index in [1.165, 1.54) is 21.2 Å². The van der Waals surface area contributed by atoms with Crippen LogP contribution in [0.5, 0.6) is 0 Å². The van der Waals surface area contributed by atoms with Crippen LogP contribution in [0.3, 0.4) is 0 Å². The van der Waals surface area contributed by atoms with Crippen molar-refractivity contribution in [3.63, 3.8) is 0 Å². The summed E-state index contributed by atoms with van der Waals surface area (Å²) in [5.74, 6) is 0. The summed E-state index contributed by atoms with van der Waals surface area (Å²) in [5, 5.41) is 5.55. The van der Waals surface area contributed by atoms with Crippen molar-refractivity contribution in [1.82, 2.24) is 0 Å². The van der Waals surface area contributed by atoms with Gasteiger partial charge in [-0.15, -0.1) is 0 Å². The van der Waals surface area contributed by atoms with E-state index in [4.69, 9.17) is 14.0 Å². The molecule has 0 atom stereocenters. The van der Waals surface area contributed by atoms with Crippen LogP contribution >= 0.6 is 7.26 Å². The van der Waals surface area contributed by atoms with Gasteiger partial charge >= 0.3 is 0 Å². The van der Waals surface area contributed by atoms with Gasteiger partial charge in [-0.1, -0.05) is 72.8 Å². The molecule has 4 aromatic carbocycles. The maximum atomic E-state index is 8.41. The van der Waals surface area contributed by atoms with Crippen LogP contribution in [-0.4, -0.2) is 0 Å². The summed E-state index contributed by atoms with van der Waals surface area (Å²) >= 11 is 0. The molecule has 0 radical (unpaired) electrons. The lowest BCUT2D eigenvalue weighted by Crippen LogP contribution is -2.42. The second kappa shape index (κ2) is 10.3. The third-order valence-corrected chi connectivity index (χ3v) is 8.86. The monoisotopic (exact) mass is 422 g/mol. The van der Waals surface area contributed by atoms with Crippen LogP contribution in [-0.2, 0) is 0 Å². The van der Waals surface area contributed by atoms with Crippen molar-refractivity contribution >= 4 is 28.5 Å². The Kier molecular flexibility index (Phi) is 7.54. The van der Waals surface area contributed by atoms with Gasteiger partial charge < -0.3 is 14.0 Å². The van der Waals surface area contributed by atoms with Crippen LogP contribution in [0.2, 0.25) is 0 Å². The highest BCUT2D eigenvalue weighted by Crippen LogP contribution is 2.53. The molecule has 5 heteroatoms. The number of benzene rings is 4. The zero-order valence-corrected chi connectivity index (χ0v) is 17.2. The molecule has 0 bridgehead atoms. The molecule has 29 heavy (non-hydrogen) atoms. The Morgan fingerprint density at radius 1 is 0.379 bits per heavy atom. The first-order chi connectivity index (χ1) is 14.2. The molecule has 0 aliphatic carbocycles. The van der Waals surface area contributed by atoms with Gasteiger partial charge in [-0.3, -0.25) is 0 Å². The molecular weight excluding hydrogens is 403 g/mol. The minimum Gasteiger partial charge on any atom is -0.357 e. The van der Waals surface area contributed by atoms with E-state index in [1.807, 2.05) is 0 Å². The average Bonchev–Trinajstić information content (AvgIpc) is 2.77. The van der Waals surface area contributed by atoms with E-state index in [-0.39, 0.29) is 0 Å². The van der Waals surface area contributed by atoms with Crippen molar-refractivity contribution < 1.29 is 24.8 Å². The Morgan fingerprint density at radius 2 is 0.552 bits per heavy atom. The number of halogens is 1. The standard InChI is InChI=1S/C24H20P.ClO3/c1-5-13-21(14-6-1)25(22-15-7-2-8-16-22,23-17-9-3-10-18-23)24-19-11-4-12-20-24;2-1(3)4/h1-20H;/q+1;-1. The predicted octanol–water partition coefficient (Wildman–Crippen LogP) is 0.739. The molecule has 0 amide bonds. The summed E-state index contributed by atoms with van der Waals surface area (Å²) in [6.07, 6.45) is 0. The van der Waals surface area contributed by atoms with Crippen molar-refractivity contribution in [3.05, 3.63) is 121 Å². The number of rotatable bonds is 4. The van der Waals surface area contributed by atoms with Gasteiger partial charge in [0, 0.05) is 0 Å². The summed E-state index contributed by atoms with van der Waals surface area (Å²) in [4.78, 5) is 0. The van der Waals surface area contributed by atoms with Gasteiger partial charge in [0.05, 0.1) is 10.8 Å². The van der Waals surface area contributed by atoms with Gasteiger partial charge in [0.15, 0.2) is 0 Å². The van der Waals surface area contributed by atoms with Crippen LogP contribution in [0.1, 0.15) is 0 Å². The van der Waals surface area contributed by atoms with Gasteiger partial charge in [-0.05, 0) is 48.5 Å². The summed E-state index contributed by atoms with van der Waals surface area (Å²) in [6, 6.07) is 43.8. The first kappa shape index (κ1) is 21.2. The average molecular weight is 423 g/mol. The van der Waals surface area contributed by atoms with E-state index < -0.39 is 18.0 Å². The Hall–Kier alpha value is -2.52. The van der Waals surface area contributed by atoms with Crippen molar-refractivity contribution in [2.75, 3.05) is 0 Å². The van der Waals surface area contributed by atoms with Crippen molar-refractivity contribution in [1.29, 1.82) is 0 Å². The lowest BCUT2D eigenvalue weighted by atomic mass is 10.3. The molecule has 0 unspecified atom stereocenters. The van der Waals surface area contributed by atoms with Crippen molar-refractivity contribution in [2.45, 2.75) is 0 Å². The Balaban J connectivity index is 0.000000552. The summed E-state index contributed by atoms with van der Waals surface area (Å²) < 4.78 is 25.2. The predicted molar refractivity (Wildman–Crippen MR) is 111 cm³/mol. The van der Waals surface area contributed by atoms with Crippen LogP contribution in [0.15, 0.2) is 121 Å². The lowest BCUT2D eigenvalue weighted by molar-refractivity contribution is -1.73. The van der Waals surface area contributed by atoms with E-state index >= 15 is 0 Å². The molecule has 0 aliphatic heterocycles. The maximum Gasteiger partial charge on any atom is 0.144 e. The topological polar surface area (TPSA) is 69.2 Å². The Morgan fingerprint density at radius 3 is 0.724 bits per heavy atom. The molecule has 0 fully saturated rings. The van der Waals surface area contributed by atoms with Gasteiger partial charge in [-0.2, -0.15) is 0 Å². The molecule has 3 nitrogen and oxygen atoms in total. The van der Waals surface area contributed by atoms with Gasteiger partial charge in [0.25, 0.3) is 0 Å². The molecule has 0 saturated heterocycles. The number of hydrogen-bond acceptors (Lipinski definition) is 3. The largest absolute Gasteiger partial charge is 0.357 e. The quantitative estimate of drug-likeness (QED) is 0.455. The summed E-state index contributed by atoms with van der Waals surface area (Å²) in [7, 11) is -4.76. The van der Waals surface area contributed by atoms with Crippen molar-refractivity contribution in [3.8, 4) is 0 Å². The highest BCUT2D eigenvalue weighted by atomic mass is 35.6. The highest BCUT2D eigenvalue weighted by Gasteiger charge is 2.47. The Bertz CT molecular complexity index is 815. The van der Waals surface area contributed by atoms with E-state index in [0.717, 1.165) is 0 Å². The van der Waals surface area contributed by atoms with E-state index in [0.29, 0.717) is 0 Å². The van der Waals surface area contributed by atoms with E-state index in [9.17, 15) is 0 Å². The molecule has 0 N–H and O–H groups in total. The molecule has 0 heterocycles. The van der Waals surface area contributed by atoms with Crippen LogP contribution < -0.4 is 35.2 Å². The molecule has 0 saturated carbocycles. The number of hydrogen-bond donors (Lipinski definition) is 0. The second-order valence-corrected chi connectivity index (χ2v) is 9.99. The highest BCUT2D eigenvalue weighted by molar-refractivity contribution is 8.01. The first-order valence-electron chi connectivity index (χ1n) is 9.00.